The van der Waals surface area contributed by atoms with E-state index in [4.69, 9.17) is 9.47 Å². The third-order valence-corrected chi connectivity index (χ3v) is 5.23. The van der Waals surface area contributed by atoms with Crippen molar-refractivity contribution in [2.24, 2.45) is 5.10 Å². The fourth-order valence-electron chi connectivity index (χ4n) is 2.44. The number of nitrogens with zero attached hydrogens (tertiary/aromatic N) is 1. The van der Waals surface area contributed by atoms with Crippen LogP contribution in [0.4, 0.5) is 0 Å². The number of hydrogen-bond donors (Lipinski definition) is 1. The smallest absolute Gasteiger partial charge is 0.271 e. The van der Waals surface area contributed by atoms with Gasteiger partial charge in [0, 0.05) is 20.1 Å². The Morgan fingerprint density at radius 2 is 1.83 bits per heavy atom. The van der Waals surface area contributed by atoms with E-state index in [1.165, 1.54) is 0 Å². The third kappa shape index (κ3) is 6.17. The molecule has 0 aliphatic heterocycles. The molecule has 3 aromatic carbocycles. The molecule has 0 heterocycles. The van der Waals surface area contributed by atoms with Crippen molar-refractivity contribution in [3.63, 3.8) is 0 Å². The summed E-state index contributed by atoms with van der Waals surface area (Å²) in [5, 5.41) is 4.00. The Labute approximate surface area is 186 Å². The summed E-state index contributed by atoms with van der Waals surface area (Å²) < 4.78 is 12.9. The number of hydrazone groups is 1. The number of halogens is 2. The summed E-state index contributed by atoms with van der Waals surface area (Å²) in [5.41, 5.74) is 4.88. The number of carbonyl (C=O) groups is 1. The molecule has 3 aromatic rings. The summed E-state index contributed by atoms with van der Waals surface area (Å²) in [6, 6.07) is 20.3. The van der Waals surface area contributed by atoms with E-state index < -0.39 is 0 Å². The number of nitrogens with one attached hydrogen (secondary N) is 1. The van der Waals surface area contributed by atoms with E-state index in [1.807, 2.05) is 42.5 Å². The molecule has 1 amide bonds. The second kappa shape index (κ2) is 10.2. The quantitative estimate of drug-likeness (QED) is 0.329. The first-order valence-corrected chi connectivity index (χ1v) is 10.3. The van der Waals surface area contributed by atoms with Gasteiger partial charge in [-0.15, -0.1) is 0 Å². The van der Waals surface area contributed by atoms with Gasteiger partial charge in [0.2, 0.25) is 0 Å². The molecule has 0 bridgehead atoms. The molecule has 0 unspecified atom stereocenters. The Bertz CT molecular complexity index is 1020. The molecule has 0 aliphatic carbocycles. The lowest BCUT2D eigenvalue weighted by Crippen LogP contribution is -2.17. The number of hydrogen-bond acceptors (Lipinski definition) is 4. The highest BCUT2D eigenvalue weighted by Gasteiger charge is 2.05. The summed E-state index contributed by atoms with van der Waals surface area (Å²) in [5.74, 6) is 1.06. The van der Waals surface area contributed by atoms with E-state index in [2.05, 4.69) is 42.4 Å². The van der Waals surface area contributed by atoms with Gasteiger partial charge in [-0.3, -0.25) is 4.79 Å². The van der Waals surface area contributed by atoms with Crippen molar-refractivity contribution < 1.29 is 14.3 Å². The van der Waals surface area contributed by atoms with Gasteiger partial charge in [-0.05, 0) is 60.2 Å². The summed E-state index contributed by atoms with van der Waals surface area (Å²) in [6.45, 7) is 0.456. The average molecular weight is 518 g/mol. The fraction of sp³-hybridized carbons (Fsp3) is 0.0909. The van der Waals surface area contributed by atoms with Crippen molar-refractivity contribution in [1.82, 2.24) is 5.43 Å². The van der Waals surface area contributed by atoms with Crippen LogP contribution in [0.3, 0.4) is 0 Å². The van der Waals surface area contributed by atoms with Crippen molar-refractivity contribution in [2.45, 2.75) is 6.61 Å². The first kappa shape index (κ1) is 21.1. The normalized spacial score (nSPS) is 10.7. The van der Waals surface area contributed by atoms with Gasteiger partial charge in [-0.2, -0.15) is 5.10 Å². The highest BCUT2D eigenvalue weighted by Crippen LogP contribution is 2.23. The highest BCUT2D eigenvalue weighted by molar-refractivity contribution is 9.11. The molecule has 0 saturated heterocycles. The topological polar surface area (TPSA) is 59.9 Å². The lowest BCUT2D eigenvalue weighted by atomic mass is 10.2. The fourth-order valence-corrected chi connectivity index (χ4v) is 3.61. The van der Waals surface area contributed by atoms with Gasteiger partial charge < -0.3 is 9.47 Å². The second-order valence-corrected chi connectivity index (χ2v) is 7.79. The number of ether oxygens (including phenoxy) is 2. The molecule has 5 nitrogen and oxygen atoms in total. The Kier molecular flexibility index (Phi) is 7.43. The van der Waals surface area contributed by atoms with Crippen molar-refractivity contribution >= 4 is 44.0 Å². The monoisotopic (exact) mass is 516 g/mol. The van der Waals surface area contributed by atoms with Crippen LogP contribution in [-0.2, 0) is 6.61 Å². The number of benzene rings is 3. The van der Waals surface area contributed by atoms with Crippen LogP contribution in [0.5, 0.6) is 11.5 Å². The van der Waals surface area contributed by atoms with Gasteiger partial charge in [-0.25, -0.2) is 5.43 Å². The van der Waals surface area contributed by atoms with Crippen LogP contribution >= 0.6 is 31.9 Å². The lowest BCUT2D eigenvalue weighted by Gasteiger charge is -2.08. The van der Waals surface area contributed by atoms with Crippen LogP contribution in [0.2, 0.25) is 0 Å². The minimum Gasteiger partial charge on any atom is -0.497 e. The van der Waals surface area contributed by atoms with Crippen molar-refractivity contribution in [3.05, 3.63) is 92.4 Å². The summed E-state index contributed by atoms with van der Waals surface area (Å²) in [6.07, 6.45) is 1.58. The number of amides is 1. The molecule has 29 heavy (non-hydrogen) atoms. The van der Waals surface area contributed by atoms with E-state index >= 15 is 0 Å². The van der Waals surface area contributed by atoms with Gasteiger partial charge in [0.15, 0.2) is 0 Å². The maximum atomic E-state index is 12.1. The van der Waals surface area contributed by atoms with E-state index in [1.54, 1.807) is 37.6 Å². The standard InChI is InChI=1S/C22H18Br2N2O3/c1-28-20-4-2-3-16(11-20)22(27)26-25-13-15-5-9-19(10-6-15)29-14-17-7-8-18(23)12-21(17)24/h2-13H,14H2,1H3,(H,26,27)/b25-13-. The van der Waals surface area contributed by atoms with Gasteiger partial charge in [0.25, 0.3) is 5.91 Å². The third-order valence-electron chi connectivity index (χ3n) is 4.00. The minimum absolute atomic E-state index is 0.305. The predicted octanol–water partition coefficient (Wildman–Crippen LogP) is 5.56. The molecule has 0 aliphatic rings. The van der Waals surface area contributed by atoms with Crippen molar-refractivity contribution in [2.75, 3.05) is 7.11 Å². The number of carbonyl (C=O) groups excluding carboxylic acids is 1. The molecule has 7 heteroatoms. The Balaban J connectivity index is 1.53. The zero-order valence-corrected chi connectivity index (χ0v) is 18.7. The second-order valence-electron chi connectivity index (χ2n) is 6.02. The van der Waals surface area contributed by atoms with Crippen LogP contribution in [0.1, 0.15) is 21.5 Å². The molecule has 1 N–H and O–H groups in total. The molecular formula is C22H18Br2N2O3. The van der Waals surface area contributed by atoms with E-state index in [-0.39, 0.29) is 5.91 Å². The van der Waals surface area contributed by atoms with Gasteiger partial charge >= 0.3 is 0 Å². The Morgan fingerprint density at radius 3 is 2.55 bits per heavy atom. The summed E-state index contributed by atoms with van der Waals surface area (Å²) in [4.78, 5) is 12.1. The summed E-state index contributed by atoms with van der Waals surface area (Å²) in [7, 11) is 1.56. The Morgan fingerprint density at radius 1 is 1.03 bits per heavy atom. The van der Waals surface area contributed by atoms with Crippen LogP contribution in [0.25, 0.3) is 0 Å². The summed E-state index contributed by atoms with van der Waals surface area (Å²) >= 11 is 6.96. The predicted molar refractivity (Wildman–Crippen MR) is 121 cm³/mol. The van der Waals surface area contributed by atoms with E-state index in [0.29, 0.717) is 17.9 Å². The molecule has 0 atom stereocenters. The maximum Gasteiger partial charge on any atom is 0.271 e. The first-order valence-electron chi connectivity index (χ1n) is 8.69. The molecule has 0 saturated carbocycles. The molecule has 0 fully saturated rings. The van der Waals surface area contributed by atoms with Crippen molar-refractivity contribution in [1.29, 1.82) is 0 Å². The van der Waals surface area contributed by atoms with Crippen LogP contribution in [0.15, 0.2) is 80.8 Å². The number of rotatable bonds is 7. The molecular weight excluding hydrogens is 500 g/mol. The van der Waals surface area contributed by atoms with Crippen LogP contribution in [0, 0.1) is 0 Å². The van der Waals surface area contributed by atoms with E-state index in [0.717, 1.165) is 25.8 Å². The van der Waals surface area contributed by atoms with Crippen molar-refractivity contribution in [3.8, 4) is 11.5 Å². The van der Waals surface area contributed by atoms with Gasteiger partial charge in [0.05, 0.1) is 13.3 Å². The van der Waals surface area contributed by atoms with Crippen LogP contribution in [-0.4, -0.2) is 19.2 Å². The van der Waals surface area contributed by atoms with E-state index in [9.17, 15) is 4.79 Å². The van der Waals surface area contributed by atoms with Gasteiger partial charge in [-0.1, -0.05) is 44.0 Å². The zero-order chi connectivity index (χ0) is 20.6. The average Bonchev–Trinajstić information content (AvgIpc) is 2.74. The maximum absolute atomic E-state index is 12.1. The molecule has 148 valence electrons. The van der Waals surface area contributed by atoms with Crippen LogP contribution < -0.4 is 14.9 Å². The first-order chi connectivity index (χ1) is 14.0. The molecule has 0 spiro atoms. The molecule has 3 rings (SSSR count). The SMILES string of the molecule is COc1cccc(C(=O)N/N=C\c2ccc(OCc3ccc(Br)cc3Br)cc2)c1. The zero-order valence-electron chi connectivity index (χ0n) is 15.6. The highest BCUT2D eigenvalue weighted by atomic mass is 79.9. The lowest BCUT2D eigenvalue weighted by molar-refractivity contribution is 0.0955. The largest absolute Gasteiger partial charge is 0.497 e. The molecule has 0 aromatic heterocycles. The molecule has 0 radical (unpaired) electrons. The Hall–Kier alpha value is -2.64. The minimum atomic E-state index is -0.305. The number of methoxy groups -OCH3 is 1. The van der Waals surface area contributed by atoms with Gasteiger partial charge in [0.1, 0.15) is 18.1 Å².